The standard InChI is InChI=1S/C21H24ClFN6O3/c22-14-4-1-6-16(12-14)26-20(31)28-10-3-11-29(19(28)18(30)25-9-8-24)21(32)27-17-7-2-5-15(23)13-17/h1-2,4-7,12-13,19H,3,8-11,24H2,(H,25,30)(H,26,31)(H,27,32). The monoisotopic (exact) mass is 462 g/mol. The number of rotatable bonds is 5. The van der Waals surface area contributed by atoms with Crippen LogP contribution in [-0.2, 0) is 4.79 Å². The van der Waals surface area contributed by atoms with E-state index in [1.165, 1.54) is 28.0 Å². The van der Waals surface area contributed by atoms with Crippen molar-refractivity contribution in [3.8, 4) is 0 Å². The van der Waals surface area contributed by atoms with Crippen molar-refractivity contribution < 1.29 is 18.8 Å². The fourth-order valence-corrected chi connectivity index (χ4v) is 3.53. The highest BCUT2D eigenvalue weighted by atomic mass is 35.5. The van der Waals surface area contributed by atoms with Gasteiger partial charge in [-0.3, -0.25) is 14.6 Å². The lowest BCUT2D eigenvalue weighted by Gasteiger charge is -2.42. The first-order valence-electron chi connectivity index (χ1n) is 10.0. The van der Waals surface area contributed by atoms with Crippen molar-refractivity contribution in [1.29, 1.82) is 0 Å². The molecule has 0 spiro atoms. The lowest BCUT2D eigenvalue weighted by atomic mass is 10.2. The number of benzene rings is 2. The summed E-state index contributed by atoms with van der Waals surface area (Å²) in [6, 6.07) is 10.8. The number of amides is 5. The average Bonchev–Trinajstić information content (AvgIpc) is 2.77. The van der Waals surface area contributed by atoms with Gasteiger partial charge in [0.15, 0.2) is 6.17 Å². The van der Waals surface area contributed by atoms with Crippen LogP contribution in [0.1, 0.15) is 6.42 Å². The number of carbonyl (C=O) groups excluding carboxylic acids is 3. The zero-order chi connectivity index (χ0) is 23.1. The van der Waals surface area contributed by atoms with Crippen LogP contribution in [0.25, 0.3) is 0 Å². The normalized spacial score (nSPS) is 15.8. The van der Waals surface area contributed by atoms with E-state index < -0.39 is 30.0 Å². The molecule has 0 aliphatic carbocycles. The topological polar surface area (TPSA) is 120 Å². The Labute approximate surface area is 189 Å². The Bertz CT molecular complexity index is 924. The maximum atomic E-state index is 13.5. The number of halogens is 2. The second-order valence-electron chi connectivity index (χ2n) is 7.07. The number of anilines is 2. The summed E-state index contributed by atoms with van der Waals surface area (Å²) in [5.41, 5.74) is 6.16. The van der Waals surface area contributed by atoms with Crippen LogP contribution in [0.2, 0.25) is 5.02 Å². The van der Waals surface area contributed by atoms with Gasteiger partial charge in [0, 0.05) is 42.6 Å². The van der Waals surface area contributed by atoms with Crippen LogP contribution >= 0.6 is 11.6 Å². The number of nitrogens with one attached hydrogen (secondary N) is 3. The van der Waals surface area contributed by atoms with E-state index >= 15 is 0 Å². The van der Waals surface area contributed by atoms with Crippen LogP contribution in [0, 0.1) is 5.82 Å². The van der Waals surface area contributed by atoms with Crippen molar-refractivity contribution in [2.75, 3.05) is 36.8 Å². The highest BCUT2D eigenvalue weighted by Gasteiger charge is 2.40. The van der Waals surface area contributed by atoms with Gasteiger partial charge in [-0.1, -0.05) is 23.7 Å². The van der Waals surface area contributed by atoms with Gasteiger partial charge in [-0.15, -0.1) is 0 Å². The van der Waals surface area contributed by atoms with Crippen LogP contribution < -0.4 is 21.7 Å². The van der Waals surface area contributed by atoms with Crippen LogP contribution in [-0.4, -0.2) is 60.1 Å². The molecule has 1 fully saturated rings. The summed E-state index contributed by atoms with van der Waals surface area (Å²) in [5.74, 6) is -1.06. The van der Waals surface area contributed by atoms with Crippen LogP contribution in [0.4, 0.5) is 25.4 Å². The summed E-state index contributed by atoms with van der Waals surface area (Å²) in [7, 11) is 0. The summed E-state index contributed by atoms with van der Waals surface area (Å²) < 4.78 is 13.5. The Morgan fingerprint density at radius 2 is 1.59 bits per heavy atom. The molecule has 1 aliphatic rings. The molecule has 3 rings (SSSR count). The van der Waals surface area contributed by atoms with Gasteiger partial charge in [0.1, 0.15) is 5.82 Å². The molecule has 0 aromatic heterocycles. The first-order chi connectivity index (χ1) is 15.4. The third-order valence-electron chi connectivity index (χ3n) is 4.74. The number of nitrogens with two attached hydrogens (primary N) is 1. The van der Waals surface area contributed by atoms with Crippen molar-refractivity contribution in [3.05, 3.63) is 59.4 Å². The zero-order valence-corrected chi connectivity index (χ0v) is 17.9. The van der Waals surface area contributed by atoms with E-state index in [0.29, 0.717) is 17.1 Å². The van der Waals surface area contributed by atoms with Gasteiger partial charge in [-0.2, -0.15) is 0 Å². The Kier molecular flexibility index (Phi) is 7.85. The molecular weight excluding hydrogens is 439 g/mol. The molecule has 170 valence electrons. The minimum absolute atomic E-state index is 0.179. The number of carbonyl (C=O) groups is 3. The van der Waals surface area contributed by atoms with Crippen molar-refractivity contribution in [3.63, 3.8) is 0 Å². The van der Waals surface area contributed by atoms with Crippen molar-refractivity contribution in [2.24, 2.45) is 5.73 Å². The van der Waals surface area contributed by atoms with Gasteiger partial charge in [0.25, 0.3) is 5.91 Å². The summed E-state index contributed by atoms with van der Waals surface area (Å²) in [5, 5.41) is 8.35. The van der Waals surface area contributed by atoms with Gasteiger partial charge < -0.3 is 21.7 Å². The maximum absolute atomic E-state index is 13.5. The van der Waals surface area contributed by atoms with Crippen LogP contribution in [0.15, 0.2) is 48.5 Å². The largest absolute Gasteiger partial charge is 0.351 e. The van der Waals surface area contributed by atoms with Crippen molar-refractivity contribution in [1.82, 2.24) is 15.1 Å². The quantitative estimate of drug-likeness (QED) is 0.546. The van der Waals surface area contributed by atoms with E-state index in [1.807, 2.05) is 0 Å². The molecular formula is C21H24ClFN6O3. The average molecular weight is 463 g/mol. The predicted molar refractivity (Wildman–Crippen MR) is 120 cm³/mol. The van der Waals surface area contributed by atoms with E-state index in [9.17, 15) is 18.8 Å². The number of hydrogen-bond donors (Lipinski definition) is 4. The van der Waals surface area contributed by atoms with Crippen molar-refractivity contribution in [2.45, 2.75) is 12.6 Å². The number of urea groups is 2. The van der Waals surface area contributed by atoms with E-state index in [4.69, 9.17) is 17.3 Å². The van der Waals surface area contributed by atoms with Crippen LogP contribution in [0.5, 0.6) is 0 Å². The molecule has 2 aromatic carbocycles. The first-order valence-corrected chi connectivity index (χ1v) is 10.4. The third-order valence-corrected chi connectivity index (χ3v) is 4.98. The molecule has 1 aliphatic heterocycles. The smallest absolute Gasteiger partial charge is 0.323 e. The summed E-state index contributed by atoms with van der Waals surface area (Å²) in [6.45, 7) is 0.848. The van der Waals surface area contributed by atoms with E-state index in [0.717, 1.165) is 6.07 Å². The lowest BCUT2D eigenvalue weighted by Crippen LogP contribution is -2.65. The minimum Gasteiger partial charge on any atom is -0.351 e. The number of hydrogen-bond acceptors (Lipinski definition) is 4. The summed E-state index contributed by atoms with van der Waals surface area (Å²) in [6.07, 6.45) is -0.775. The predicted octanol–water partition coefficient (Wildman–Crippen LogP) is 2.65. The zero-order valence-electron chi connectivity index (χ0n) is 17.2. The SMILES string of the molecule is NCCNC(=O)C1N(C(=O)Nc2cccc(F)c2)CCCN1C(=O)Nc1cccc(Cl)c1. The van der Waals surface area contributed by atoms with Gasteiger partial charge >= 0.3 is 12.1 Å². The summed E-state index contributed by atoms with van der Waals surface area (Å²) >= 11 is 5.97. The van der Waals surface area contributed by atoms with Gasteiger partial charge in [-0.25, -0.2) is 14.0 Å². The molecule has 0 radical (unpaired) electrons. The van der Waals surface area contributed by atoms with Crippen LogP contribution in [0.3, 0.4) is 0 Å². The van der Waals surface area contributed by atoms with Crippen molar-refractivity contribution >= 4 is 40.9 Å². The van der Waals surface area contributed by atoms with E-state index in [-0.39, 0.29) is 31.9 Å². The second-order valence-corrected chi connectivity index (χ2v) is 7.51. The van der Waals surface area contributed by atoms with Gasteiger partial charge in [0.2, 0.25) is 0 Å². The fourth-order valence-electron chi connectivity index (χ4n) is 3.34. The Balaban J connectivity index is 1.82. The van der Waals surface area contributed by atoms with Gasteiger partial charge in [-0.05, 0) is 42.8 Å². The highest BCUT2D eigenvalue weighted by Crippen LogP contribution is 2.21. The Morgan fingerprint density at radius 3 is 2.16 bits per heavy atom. The molecule has 32 heavy (non-hydrogen) atoms. The fraction of sp³-hybridized carbons (Fsp3) is 0.286. The maximum Gasteiger partial charge on any atom is 0.323 e. The Morgan fingerprint density at radius 1 is 1.00 bits per heavy atom. The molecule has 11 heteroatoms. The van der Waals surface area contributed by atoms with E-state index in [1.54, 1.807) is 24.3 Å². The molecule has 0 saturated carbocycles. The molecule has 5 amide bonds. The molecule has 1 saturated heterocycles. The molecule has 9 nitrogen and oxygen atoms in total. The van der Waals surface area contributed by atoms with Gasteiger partial charge in [0.05, 0.1) is 0 Å². The lowest BCUT2D eigenvalue weighted by molar-refractivity contribution is -0.131. The molecule has 1 atom stereocenters. The molecule has 2 aromatic rings. The molecule has 5 N–H and O–H groups in total. The second kappa shape index (κ2) is 10.8. The van der Waals surface area contributed by atoms with E-state index in [2.05, 4.69) is 16.0 Å². The first kappa shape index (κ1) is 23.3. The summed E-state index contributed by atoms with van der Waals surface area (Å²) in [4.78, 5) is 41.4. The third kappa shape index (κ3) is 5.86. The molecule has 1 heterocycles. The Hall–Kier alpha value is -3.37. The molecule has 0 bridgehead atoms. The minimum atomic E-state index is -1.22. The number of nitrogens with zero attached hydrogens (tertiary/aromatic N) is 2. The molecule has 1 unspecified atom stereocenters. The highest BCUT2D eigenvalue weighted by molar-refractivity contribution is 6.30.